The second-order valence-corrected chi connectivity index (χ2v) is 9.31. The molecule has 0 spiro atoms. The van der Waals surface area contributed by atoms with E-state index in [2.05, 4.69) is 5.32 Å². The van der Waals surface area contributed by atoms with E-state index in [1.807, 2.05) is 43.3 Å². The number of carbonyl (C=O) groups excluding carboxylic acids is 3. The normalized spacial score (nSPS) is 17.6. The molecule has 1 amide bonds. The van der Waals surface area contributed by atoms with Crippen LogP contribution in [0.5, 0.6) is 0 Å². The van der Waals surface area contributed by atoms with Crippen molar-refractivity contribution in [1.82, 2.24) is 0 Å². The first-order valence-corrected chi connectivity index (χ1v) is 12.0. The predicted octanol–water partition coefficient (Wildman–Crippen LogP) is 4.00. The second-order valence-electron chi connectivity index (χ2n) is 9.31. The van der Waals surface area contributed by atoms with E-state index in [0.717, 1.165) is 37.1 Å². The summed E-state index contributed by atoms with van der Waals surface area (Å²) in [6, 6.07) is 14.9. The van der Waals surface area contributed by atoms with E-state index >= 15 is 0 Å². The number of nitrogens with one attached hydrogen (secondary N) is 1. The number of amides is 1. The molecule has 0 aromatic heterocycles. The van der Waals surface area contributed by atoms with Crippen LogP contribution in [0.2, 0.25) is 0 Å². The van der Waals surface area contributed by atoms with E-state index in [4.69, 9.17) is 9.47 Å². The fourth-order valence-corrected chi connectivity index (χ4v) is 5.19. The Balaban J connectivity index is 1.51. The van der Waals surface area contributed by atoms with E-state index in [9.17, 15) is 14.4 Å². The number of aryl methyl sites for hydroxylation is 1. The van der Waals surface area contributed by atoms with Gasteiger partial charge >= 0.3 is 11.9 Å². The third-order valence-corrected chi connectivity index (χ3v) is 7.16. The molecule has 2 fully saturated rings. The topological polar surface area (TPSA) is 81.7 Å². The van der Waals surface area contributed by atoms with E-state index in [-0.39, 0.29) is 31.6 Å². The van der Waals surface area contributed by atoms with Crippen LogP contribution in [0.25, 0.3) is 0 Å². The zero-order valence-electron chi connectivity index (χ0n) is 20.0. The van der Waals surface area contributed by atoms with E-state index < -0.39 is 11.5 Å². The van der Waals surface area contributed by atoms with Crippen molar-refractivity contribution in [2.75, 3.05) is 31.6 Å². The number of hydrogen-bond donors (Lipinski definition) is 1. The number of para-hydroxylation sites is 1. The van der Waals surface area contributed by atoms with Crippen LogP contribution in [0, 0.1) is 6.92 Å². The Morgan fingerprint density at radius 3 is 2.32 bits per heavy atom. The fraction of sp³-hybridized carbons (Fsp3) is 0.444. The summed E-state index contributed by atoms with van der Waals surface area (Å²) in [5.74, 6) is -0.876. The molecule has 2 aliphatic rings. The average Bonchev–Trinajstić information content (AvgIpc) is 3.53. The molecular formula is C27H33N2O5+. The van der Waals surface area contributed by atoms with E-state index in [1.54, 1.807) is 19.1 Å². The zero-order valence-corrected chi connectivity index (χ0v) is 20.0. The molecule has 1 aliphatic heterocycles. The number of hydrogen-bond acceptors (Lipinski definition) is 5. The van der Waals surface area contributed by atoms with Crippen LogP contribution in [0.15, 0.2) is 48.5 Å². The minimum absolute atomic E-state index is 0.134. The van der Waals surface area contributed by atoms with Crippen molar-refractivity contribution in [3.05, 3.63) is 65.2 Å². The lowest BCUT2D eigenvalue weighted by Crippen LogP contribution is -2.62. The maximum Gasteiger partial charge on any atom is 0.362 e. The molecule has 2 aromatic carbocycles. The highest BCUT2D eigenvalue weighted by Gasteiger charge is 2.67. The maximum atomic E-state index is 13.7. The minimum Gasteiger partial charge on any atom is -0.462 e. The van der Waals surface area contributed by atoms with Crippen LogP contribution in [0.1, 0.15) is 54.1 Å². The highest BCUT2D eigenvalue weighted by molar-refractivity contribution is 6.05. The Morgan fingerprint density at radius 1 is 0.971 bits per heavy atom. The van der Waals surface area contributed by atoms with Crippen molar-refractivity contribution in [3.8, 4) is 0 Å². The Labute approximate surface area is 200 Å². The number of anilines is 1. The minimum atomic E-state index is -0.670. The number of quaternary nitrogens is 1. The SMILES string of the molecule is CCOC(=O)c1cccc(C)c1NC(=O)C1([N+]2(CC(=O)OCc3ccccc3)CCCC2)CC1. The van der Waals surface area contributed by atoms with Gasteiger partial charge in [-0.05, 0) is 31.0 Å². The first-order chi connectivity index (χ1) is 16.4. The summed E-state index contributed by atoms with van der Waals surface area (Å²) >= 11 is 0. The highest BCUT2D eigenvalue weighted by Crippen LogP contribution is 2.50. The van der Waals surface area contributed by atoms with Gasteiger partial charge in [-0.2, -0.15) is 0 Å². The molecule has 0 atom stereocenters. The molecule has 1 N–H and O–H groups in total. The molecular weight excluding hydrogens is 432 g/mol. The number of esters is 2. The number of carbonyl (C=O) groups is 3. The number of nitrogens with zero attached hydrogens (tertiary/aromatic N) is 1. The highest BCUT2D eigenvalue weighted by atomic mass is 16.5. The Bertz CT molecular complexity index is 1060. The van der Waals surface area contributed by atoms with Crippen LogP contribution in [-0.2, 0) is 25.7 Å². The first-order valence-electron chi connectivity index (χ1n) is 12.0. The van der Waals surface area contributed by atoms with Gasteiger partial charge in [0.1, 0.15) is 6.61 Å². The molecule has 180 valence electrons. The van der Waals surface area contributed by atoms with Crippen LogP contribution >= 0.6 is 0 Å². The van der Waals surface area contributed by atoms with Gasteiger partial charge in [0.25, 0.3) is 5.91 Å². The third-order valence-electron chi connectivity index (χ3n) is 7.16. The summed E-state index contributed by atoms with van der Waals surface area (Å²) in [6.45, 7) is 5.82. The summed E-state index contributed by atoms with van der Waals surface area (Å²) in [4.78, 5) is 39.1. The van der Waals surface area contributed by atoms with Crippen molar-refractivity contribution in [1.29, 1.82) is 0 Å². The van der Waals surface area contributed by atoms with Gasteiger partial charge in [-0.25, -0.2) is 9.59 Å². The smallest absolute Gasteiger partial charge is 0.362 e. The first kappa shape index (κ1) is 24.0. The van der Waals surface area contributed by atoms with Gasteiger partial charge in [0.05, 0.1) is 30.9 Å². The Hall–Kier alpha value is -3.19. The second kappa shape index (κ2) is 9.97. The van der Waals surface area contributed by atoms with Crippen molar-refractivity contribution in [2.45, 2.75) is 51.7 Å². The van der Waals surface area contributed by atoms with E-state index in [0.29, 0.717) is 28.6 Å². The molecule has 0 bridgehead atoms. The van der Waals surface area contributed by atoms with Crippen molar-refractivity contribution in [3.63, 3.8) is 0 Å². The molecule has 1 heterocycles. The molecule has 0 unspecified atom stereocenters. The largest absolute Gasteiger partial charge is 0.462 e. The van der Waals surface area contributed by atoms with Gasteiger partial charge in [0.15, 0.2) is 12.1 Å². The van der Waals surface area contributed by atoms with Gasteiger partial charge in [-0.1, -0.05) is 42.5 Å². The van der Waals surface area contributed by atoms with Crippen LogP contribution in [0.3, 0.4) is 0 Å². The molecule has 2 aromatic rings. The summed E-state index contributed by atoms with van der Waals surface area (Å²) < 4.78 is 11.2. The van der Waals surface area contributed by atoms with Gasteiger partial charge < -0.3 is 19.3 Å². The van der Waals surface area contributed by atoms with Crippen molar-refractivity contribution in [2.24, 2.45) is 0 Å². The quantitative estimate of drug-likeness (QED) is 0.447. The van der Waals surface area contributed by atoms with Crippen LogP contribution < -0.4 is 5.32 Å². The summed E-state index contributed by atoms with van der Waals surface area (Å²) in [7, 11) is 0. The van der Waals surface area contributed by atoms with Gasteiger partial charge in [0.2, 0.25) is 0 Å². The van der Waals surface area contributed by atoms with Crippen molar-refractivity contribution < 1.29 is 28.3 Å². The molecule has 1 saturated heterocycles. The molecule has 7 heteroatoms. The molecule has 4 rings (SSSR count). The molecule has 1 saturated carbocycles. The molecule has 0 radical (unpaired) electrons. The van der Waals surface area contributed by atoms with Gasteiger partial charge in [-0.15, -0.1) is 0 Å². The predicted molar refractivity (Wildman–Crippen MR) is 128 cm³/mol. The molecule has 7 nitrogen and oxygen atoms in total. The maximum absolute atomic E-state index is 13.7. The molecule has 34 heavy (non-hydrogen) atoms. The van der Waals surface area contributed by atoms with E-state index in [1.165, 1.54) is 0 Å². The van der Waals surface area contributed by atoms with Gasteiger partial charge in [0, 0.05) is 25.7 Å². The zero-order chi connectivity index (χ0) is 24.2. The van der Waals surface area contributed by atoms with Crippen LogP contribution in [-0.4, -0.2) is 54.1 Å². The lowest BCUT2D eigenvalue weighted by molar-refractivity contribution is -0.934. The number of rotatable bonds is 9. The van der Waals surface area contributed by atoms with Crippen LogP contribution in [0.4, 0.5) is 5.69 Å². The Morgan fingerprint density at radius 2 is 1.68 bits per heavy atom. The standard InChI is InChI=1S/C27H32N2O5/c1-3-33-25(31)22-13-9-10-20(2)24(22)28-26(32)27(14-15-27)29(16-7-8-17-29)18-23(30)34-19-21-11-5-4-6-12-21/h4-6,9-13H,3,7-8,14-19H2,1-2H3/p+1. The summed E-state index contributed by atoms with van der Waals surface area (Å²) in [5, 5.41) is 3.05. The summed E-state index contributed by atoms with van der Waals surface area (Å²) in [5.41, 5.74) is 1.90. The van der Waals surface area contributed by atoms with Crippen molar-refractivity contribution >= 4 is 23.5 Å². The third kappa shape index (κ3) is 4.71. The van der Waals surface area contributed by atoms with Gasteiger partial charge in [-0.3, -0.25) is 4.79 Å². The average molecular weight is 466 g/mol. The summed E-state index contributed by atoms with van der Waals surface area (Å²) in [6.07, 6.45) is 3.37. The lowest BCUT2D eigenvalue weighted by Gasteiger charge is -2.40. The molecule has 1 aliphatic carbocycles. The lowest BCUT2D eigenvalue weighted by atomic mass is 10.1. The number of benzene rings is 2. The monoisotopic (exact) mass is 465 g/mol. The number of likely N-dealkylation sites (tertiary alicyclic amines) is 1. The Kier molecular flexibility index (Phi) is 7.03. The fourth-order valence-electron chi connectivity index (χ4n) is 5.19. The number of ether oxygens (including phenoxy) is 2.